The van der Waals surface area contributed by atoms with Crippen LogP contribution in [-0.2, 0) is 6.54 Å². The first-order valence-corrected chi connectivity index (χ1v) is 9.69. The summed E-state index contributed by atoms with van der Waals surface area (Å²) in [6.07, 6.45) is 3.60. The van der Waals surface area contributed by atoms with Crippen molar-refractivity contribution in [3.05, 3.63) is 72.4 Å². The van der Waals surface area contributed by atoms with Crippen LogP contribution < -0.4 is 5.32 Å². The van der Waals surface area contributed by atoms with E-state index in [4.69, 9.17) is 4.52 Å². The summed E-state index contributed by atoms with van der Waals surface area (Å²) in [6.45, 7) is 3.34. The number of benzene rings is 2. The van der Waals surface area contributed by atoms with E-state index in [1.54, 1.807) is 0 Å². The lowest BCUT2D eigenvalue weighted by atomic mass is 9.97. The van der Waals surface area contributed by atoms with Crippen molar-refractivity contribution < 1.29 is 9.32 Å². The molecule has 1 aliphatic heterocycles. The second-order valence-corrected chi connectivity index (χ2v) is 7.24. The van der Waals surface area contributed by atoms with Crippen LogP contribution in [-0.4, -0.2) is 40.6 Å². The summed E-state index contributed by atoms with van der Waals surface area (Å²) in [5.74, 6) is 1.13. The third-order valence-corrected chi connectivity index (χ3v) is 5.18. The summed E-state index contributed by atoms with van der Waals surface area (Å²) in [4.78, 5) is 18.9. The molecule has 4 rings (SSSR count). The molecular formula is C22H24N4O2. The summed E-state index contributed by atoms with van der Waals surface area (Å²) < 4.78 is 4.80. The topological polar surface area (TPSA) is 71.3 Å². The number of hydrogen-bond donors (Lipinski definition) is 1. The maximum absolute atomic E-state index is 12.5. The Morgan fingerprint density at radius 2 is 1.89 bits per heavy atom. The summed E-state index contributed by atoms with van der Waals surface area (Å²) >= 11 is 0. The molecule has 0 aliphatic carbocycles. The van der Waals surface area contributed by atoms with Gasteiger partial charge in [0.2, 0.25) is 6.39 Å². The number of nitrogens with one attached hydrogen (secondary N) is 1. The highest BCUT2D eigenvalue weighted by Gasteiger charge is 2.21. The Hall–Kier alpha value is -2.99. The smallest absolute Gasteiger partial charge is 0.251 e. The number of nitrogens with zero attached hydrogens (tertiary/aromatic N) is 3. The summed E-state index contributed by atoms with van der Waals surface area (Å²) in [5.41, 5.74) is 2.96. The highest BCUT2D eigenvalue weighted by atomic mass is 16.5. The van der Waals surface area contributed by atoms with Gasteiger partial charge in [0.1, 0.15) is 0 Å². The fourth-order valence-electron chi connectivity index (χ4n) is 3.71. The van der Waals surface area contributed by atoms with Gasteiger partial charge >= 0.3 is 0 Å². The monoisotopic (exact) mass is 376 g/mol. The fourth-order valence-corrected chi connectivity index (χ4v) is 3.71. The Morgan fingerprint density at radius 3 is 2.64 bits per heavy atom. The predicted octanol–water partition coefficient (Wildman–Crippen LogP) is 3.38. The van der Waals surface area contributed by atoms with Gasteiger partial charge in [0, 0.05) is 18.7 Å². The van der Waals surface area contributed by atoms with Crippen molar-refractivity contribution in [1.29, 1.82) is 0 Å². The van der Waals surface area contributed by atoms with Gasteiger partial charge in [0.05, 0.1) is 6.54 Å². The van der Waals surface area contributed by atoms with Gasteiger partial charge in [-0.3, -0.25) is 9.69 Å². The molecule has 2 aromatic carbocycles. The van der Waals surface area contributed by atoms with Crippen LogP contribution in [0.3, 0.4) is 0 Å². The predicted molar refractivity (Wildman–Crippen MR) is 107 cm³/mol. The number of hydrogen-bond acceptors (Lipinski definition) is 5. The van der Waals surface area contributed by atoms with Crippen molar-refractivity contribution in [3.63, 3.8) is 0 Å². The molecule has 28 heavy (non-hydrogen) atoms. The minimum absolute atomic E-state index is 0.0186. The Labute approximate surface area is 164 Å². The number of amides is 1. The van der Waals surface area contributed by atoms with E-state index in [0.717, 1.165) is 37.1 Å². The van der Waals surface area contributed by atoms with Crippen molar-refractivity contribution in [3.8, 4) is 11.1 Å². The lowest BCUT2D eigenvalue weighted by Crippen LogP contribution is -2.40. The maximum Gasteiger partial charge on any atom is 0.251 e. The molecule has 6 heteroatoms. The first kappa shape index (κ1) is 18.4. The molecule has 1 saturated heterocycles. The highest BCUT2D eigenvalue weighted by molar-refractivity contribution is 5.94. The van der Waals surface area contributed by atoms with Gasteiger partial charge in [0.15, 0.2) is 5.82 Å². The Morgan fingerprint density at radius 1 is 1.11 bits per heavy atom. The molecule has 0 bridgehead atoms. The zero-order valence-electron chi connectivity index (χ0n) is 15.8. The molecule has 1 atom stereocenters. The van der Waals surface area contributed by atoms with Crippen LogP contribution in [0.2, 0.25) is 0 Å². The van der Waals surface area contributed by atoms with E-state index < -0.39 is 0 Å². The molecule has 2 heterocycles. The minimum Gasteiger partial charge on any atom is -0.352 e. The van der Waals surface area contributed by atoms with Crippen LogP contribution >= 0.6 is 0 Å². The minimum atomic E-state index is -0.0186. The highest BCUT2D eigenvalue weighted by Crippen LogP contribution is 2.20. The molecular weight excluding hydrogens is 352 g/mol. The van der Waals surface area contributed by atoms with Gasteiger partial charge in [-0.05, 0) is 48.6 Å². The van der Waals surface area contributed by atoms with Gasteiger partial charge < -0.3 is 9.84 Å². The number of piperidine rings is 1. The van der Waals surface area contributed by atoms with E-state index in [-0.39, 0.29) is 5.91 Å². The fraction of sp³-hybridized carbons (Fsp3) is 0.318. The lowest BCUT2D eigenvalue weighted by Gasteiger charge is -2.31. The molecule has 0 radical (unpaired) electrons. The van der Waals surface area contributed by atoms with E-state index in [9.17, 15) is 4.79 Å². The Bertz CT molecular complexity index is 879. The van der Waals surface area contributed by atoms with Gasteiger partial charge in [0.25, 0.3) is 5.91 Å². The molecule has 1 amide bonds. The first-order valence-electron chi connectivity index (χ1n) is 9.69. The number of carbonyl (C=O) groups excluding carboxylic acids is 1. The number of aromatic nitrogens is 2. The first-order chi connectivity index (χ1) is 13.8. The molecule has 6 nitrogen and oxygen atoms in total. The summed E-state index contributed by atoms with van der Waals surface area (Å²) in [7, 11) is 0. The van der Waals surface area contributed by atoms with Crippen molar-refractivity contribution in [2.24, 2.45) is 5.92 Å². The quantitative estimate of drug-likeness (QED) is 0.714. The van der Waals surface area contributed by atoms with Gasteiger partial charge in [-0.1, -0.05) is 47.6 Å². The molecule has 1 fully saturated rings. The zero-order chi connectivity index (χ0) is 19.2. The van der Waals surface area contributed by atoms with Gasteiger partial charge in [-0.2, -0.15) is 4.98 Å². The lowest BCUT2D eigenvalue weighted by molar-refractivity contribution is 0.0929. The van der Waals surface area contributed by atoms with Crippen molar-refractivity contribution in [2.45, 2.75) is 19.4 Å². The van der Waals surface area contributed by atoms with Crippen LogP contribution in [0.25, 0.3) is 11.1 Å². The second-order valence-electron chi connectivity index (χ2n) is 7.24. The normalized spacial score (nSPS) is 17.4. The van der Waals surface area contributed by atoms with Crippen molar-refractivity contribution in [2.75, 3.05) is 19.6 Å². The third-order valence-electron chi connectivity index (χ3n) is 5.18. The summed E-state index contributed by atoms with van der Waals surface area (Å²) in [5, 5.41) is 6.97. The average Bonchev–Trinajstić information content (AvgIpc) is 3.26. The second kappa shape index (κ2) is 8.80. The Kier molecular flexibility index (Phi) is 5.77. The molecule has 144 valence electrons. The molecule has 0 spiro atoms. The molecule has 0 saturated carbocycles. The molecule has 1 aliphatic rings. The zero-order valence-corrected chi connectivity index (χ0v) is 15.8. The van der Waals surface area contributed by atoms with Crippen LogP contribution in [0.15, 0.2) is 65.5 Å². The van der Waals surface area contributed by atoms with Crippen molar-refractivity contribution in [1.82, 2.24) is 20.4 Å². The van der Waals surface area contributed by atoms with Crippen LogP contribution in [0.1, 0.15) is 29.0 Å². The Balaban J connectivity index is 1.29. The average molecular weight is 376 g/mol. The number of likely N-dealkylation sites (tertiary alicyclic amines) is 1. The van der Waals surface area contributed by atoms with Gasteiger partial charge in [-0.25, -0.2) is 0 Å². The molecule has 1 N–H and O–H groups in total. The van der Waals surface area contributed by atoms with E-state index in [0.29, 0.717) is 30.4 Å². The molecule has 3 aromatic rings. The molecule has 0 unspecified atom stereocenters. The standard InChI is InChI=1S/C22H24N4O2/c27-22(20-10-8-19(9-11-20)18-6-2-1-3-7-18)23-13-17-5-4-12-26(14-17)15-21-24-16-28-25-21/h1-3,6-11,16-17H,4-5,12-15H2,(H,23,27)/t17-/m0/s1. The van der Waals surface area contributed by atoms with Gasteiger partial charge in [-0.15, -0.1) is 0 Å². The number of rotatable bonds is 6. The molecule has 1 aromatic heterocycles. The van der Waals surface area contributed by atoms with E-state index >= 15 is 0 Å². The largest absolute Gasteiger partial charge is 0.352 e. The maximum atomic E-state index is 12.5. The summed E-state index contributed by atoms with van der Waals surface area (Å²) in [6, 6.07) is 17.9. The van der Waals surface area contributed by atoms with Crippen molar-refractivity contribution >= 4 is 5.91 Å². The van der Waals surface area contributed by atoms with Crippen LogP contribution in [0.4, 0.5) is 0 Å². The van der Waals surface area contributed by atoms with E-state index in [1.807, 2.05) is 42.5 Å². The number of carbonyl (C=O) groups is 1. The third kappa shape index (κ3) is 4.64. The van der Waals surface area contributed by atoms with E-state index in [2.05, 4.69) is 32.5 Å². The van der Waals surface area contributed by atoms with Crippen LogP contribution in [0, 0.1) is 5.92 Å². The van der Waals surface area contributed by atoms with Crippen LogP contribution in [0.5, 0.6) is 0 Å². The SMILES string of the molecule is O=C(NC[C@@H]1CCCN(Cc2ncon2)C1)c1ccc(-c2ccccc2)cc1. The van der Waals surface area contributed by atoms with E-state index in [1.165, 1.54) is 6.39 Å².